The van der Waals surface area contributed by atoms with Crippen molar-refractivity contribution in [2.75, 3.05) is 32.4 Å². The van der Waals surface area contributed by atoms with E-state index in [9.17, 15) is 8.42 Å². The molecule has 0 aromatic rings. The van der Waals surface area contributed by atoms with E-state index in [-0.39, 0.29) is 0 Å². The molecule has 98 valence electrons. The summed E-state index contributed by atoms with van der Waals surface area (Å²) >= 11 is 0. The Bertz CT molecular complexity index is 407. The quantitative estimate of drug-likeness (QED) is 0.697. The van der Waals surface area contributed by atoms with Gasteiger partial charge in [-0.1, -0.05) is 0 Å². The maximum absolute atomic E-state index is 11.4. The summed E-state index contributed by atoms with van der Waals surface area (Å²) < 4.78 is 24.3. The summed E-state index contributed by atoms with van der Waals surface area (Å²) in [5, 5.41) is 6.47. The second-order valence-corrected chi connectivity index (χ2v) is 6.87. The average Bonchev–Trinajstić information content (AvgIpc) is 2.82. The van der Waals surface area contributed by atoms with Crippen LogP contribution in [-0.2, 0) is 10.0 Å². The molecule has 0 spiro atoms. The highest BCUT2D eigenvalue weighted by Crippen LogP contribution is 2.17. The van der Waals surface area contributed by atoms with Crippen LogP contribution < -0.4 is 10.6 Å². The van der Waals surface area contributed by atoms with Crippen LogP contribution in [0.3, 0.4) is 0 Å². The first-order valence-electron chi connectivity index (χ1n) is 5.95. The molecule has 2 aliphatic heterocycles. The van der Waals surface area contributed by atoms with Crippen LogP contribution in [0.2, 0.25) is 0 Å². The van der Waals surface area contributed by atoms with E-state index in [1.165, 1.54) is 6.26 Å². The van der Waals surface area contributed by atoms with Crippen LogP contribution in [0.5, 0.6) is 0 Å². The van der Waals surface area contributed by atoms with Crippen molar-refractivity contribution in [2.45, 2.75) is 19.4 Å². The second kappa shape index (κ2) is 4.81. The summed E-state index contributed by atoms with van der Waals surface area (Å²) in [6.45, 7) is 4.93. The van der Waals surface area contributed by atoms with E-state index in [1.807, 2.05) is 0 Å². The third-order valence-electron chi connectivity index (χ3n) is 3.18. The van der Waals surface area contributed by atoms with Crippen LogP contribution in [-0.4, -0.2) is 57.2 Å². The molecule has 0 bridgehead atoms. The second-order valence-electron chi connectivity index (χ2n) is 4.89. The molecule has 2 aliphatic rings. The first kappa shape index (κ1) is 12.6. The molecule has 6 nitrogen and oxygen atoms in total. The molecule has 1 saturated heterocycles. The summed E-state index contributed by atoms with van der Waals surface area (Å²) in [4.78, 5) is 4.31. The zero-order valence-electron chi connectivity index (χ0n) is 10.3. The van der Waals surface area contributed by atoms with Gasteiger partial charge in [-0.15, -0.1) is 0 Å². The molecule has 0 amide bonds. The molecule has 0 aromatic carbocycles. The normalized spacial score (nSPS) is 30.1. The van der Waals surface area contributed by atoms with E-state index >= 15 is 0 Å². The lowest BCUT2D eigenvalue weighted by atomic mass is 10.1. The first-order valence-corrected chi connectivity index (χ1v) is 7.80. The van der Waals surface area contributed by atoms with Gasteiger partial charge in [0.05, 0.1) is 12.8 Å². The third kappa shape index (κ3) is 3.32. The van der Waals surface area contributed by atoms with Gasteiger partial charge in [-0.25, -0.2) is 12.7 Å². The van der Waals surface area contributed by atoms with Gasteiger partial charge in [-0.3, -0.25) is 4.99 Å². The minimum atomic E-state index is -3.02. The van der Waals surface area contributed by atoms with Gasteiger partial charge in [0.1, 0.15) is 0 Å². The van der Waals surface area contributed by atoms with Crippen molar-refractivity contribution < 1.29 is 8.42 Å². The lowest BCUT2D eigenvalue weighted by Crippen LogP contribution is -2.40. The molecule has 2 heterocycles. The van der Waals surface area contributed by atoms with Gasteiger partial charge < -0.3 is 10.6 Å². The highest BCUT2D eigenvalue weighted by atomic mass is 32.2. The van der Waals surface area contributed by atoms with Crippen LogP contribution in [0, 0.1) is 5.92 Å². The first-order chi connectivity index (χ1) is 7.95. The van der Waals surface area contributed by atoms with E-state index in [2.05, 4.69) is 22.5 Å². The van der Waals surface area contributed by atoms with Gasteiger partial charge >= 0.3 is 0 Å². The summed E-state index contributed by atoms with van der Waals surface area (Å²) in [5.41, 5.74) is 0. The Morgan fingerprint density at radius 1 is 1.59 bits per heavy atom. The summed E-state index contributed by atoms with van der Waals surface area (Å²) in [7, 11) is -3.02. The van der Waals surface area contributed by atoms with Crippen molar-refractivity contribution in [3.8, 4) is 0 Å². The Kier molecular flexibility index (Phi) is 3.58. The maximum Gasteiger partial charge on any atom is 0.211 e. The molecule has 0 radical (unpaired) electrons. The van der Waals surface area contributed by atoms with Gasteiger partial charge in [-0.05, 0) is 19.3 Å². The van der Waals surface area contributed by atoms with Crippen molar-refractivity contribution in [2.24, 2.45) is 10.9 Å². The van der Waals surface area contributed by atoms with E-state index in [4.69, 9.17) is 0 Å². The molecule has 2 unspecified atom stereocenters. The predicted molar refractivity (Wildman–Crippen MR) is 67.4 cm³/mol. The highest BCUT2D eigenvalue weighted by Gasteiger charge is 2.28. The molecular formula is C10H20N4O2S. The minimum Gasteiger partial charge on any atom is -0.356 e. The van der Waals surface area contributed by atoms with Gasteiger partial charge in [-0.2, -0.15) is 0 Å². The van der Waals surface area contributed by atoms with Gasteiger partial charge in [0.2, 0.25) is 10.0 Å². The number of nitrogens with one attached hydrogen (secondary N) is 2. The summed E-state index contributed by atoms with van der Waals surface area (Å²) in [6.07, 6.45) is 2.19. The molecule has 2 atom stereocenters. The number of hydrogen-bond acceptors (Lipinski definition) is 5. The van der Waals surface area contributed by atoms with Gasteiger partial charge in [0, 0.05) is 25.7 Å². The van der Waals surface area contributed by atoms with Crippen molar-refractivity contribution in [3.05, 3.63) is 0 Å². The smallest absolute Gasteiger partial charge is 0.211 e. The lowest BCUT2D eigenvalue weighted by molar-refractivity contribution is 0.459. The standard InChI is InChI=1S/C10H20N4O2S/c1-8-5-11-10(13-8)12-6-9-3-4-14(7-9)17(2,15)16/h8-9H,3-7H2,1-2H3,(H2,11,12,13). The van der Waals surface area contributed by atoms with Gasteiger partial charge in [0.15, 0.2) is 5.96 Å². The van der Waals surface area contributed by atoms with Crippen molar-refractivity contribution in [1.82, 2.24) is 14.9 Å². The number of hydrogen-bond donors (Lipinski definition) is 2. The fraction of sp³-hybridized carbons (Fsp3) is 0.900. The zero-order chi connectivity index (χ0) is 12.5. The number of guanidine groups is 1. The van der Waals surface area contributed by atoms with E-state index in [0.29, 0.717) is 25.0 Å². The Morgan fingerprint density at radius 3 is 2.88 bits per heavy atom. The topological polar surface area (TPSA) is 73.8 Å². The fourth-order valence-corrected chi connectivity index (χ4v) is 3.08. The third-order valence-corrected chi connectivity index (χ3v) is 4.45. The van der Waals surface area contributed by atoms with Crippen LogP contribution in [0.1, 0.15) is 13.3 Å². The maximum atomic E-state index is 11.4. The van der Waals surface area contributed by atoms with Crippen LogP contribution in [0.15, 0.2) is 4.99 Å². The van der Waals surface area contributed by atoms with Crippen molar-refractivity contribution >= 4 is 16.0 Å². The number of aliphatic imine (C=N–C) groups is 1. The average molecular weight is 260 g/mol. The number of sulfonamides is 1. The molecule has 2 N–H and O–H groups in total. The zero-order valence-corrected chi connectivity index (χ0v) is 11.1. The van der Waals surface area contributed by atoms with Crippen LogP contribution >= 0.6 is 0 Å². The SMILES string of the molecule is CC1CN=C(NCC2CCN(S(C)(=O)=O)C2)N1. The van der Waals surface area contributed by atoms with Gasteiger partial charge in [0.25, 0.3) is 0 Å². The van der Waals surface area contributed by atoms with Crippen LogP contribution in [0.4, 0.5) is 0 Å². The molecular weight excluding hydrogens is 240 g/mol. The highest BCUT2D eigenvalue weighted by molar-refractivity contribution is 7.88. The van der Waals surface area contributed by atoms with E-state index in [1.54, 1.807) is 4.31 Å². The fourth-order valence-electron chi connectivity index (χ4n) is 2.17. The monoisotopic (exact) mass is 260 g/mol. The predicted octanol–water partition coefficient (Wildman–Crippen LogP) is -0.795. The molecule has 7 heteroatoms. The Labute approximate surface area is 103 Å². The number of rotatable bonds is 3. The molecule has 0 aliphatic carbocycles. The number of nitrogens with zero attached hydrogens (tertiary/aromatic N) is 2. The van der Waals surface area contributed by atoms with Crippen LogP contribution in [0.25, 0.3) is 0 Å². The molecule has 17 heavy (non-hydrogen) atoms. The van der Waals surface area contributed by atoms with Crippen molar-refractivity contribution in [3.63, 3.8) is 0 Å². The minimum absolute atomic E-state index is 0.380. The largest absolute Gasteiger partial charge is 0.356 e. The summed E-state index contributed by atoms with van der Waals surface area (Å²) in [6, 6.07) is 0.397. The molecule has 1 fully saturated rings. The van der Waals surface area contributed by atoms with E-state index in [0.717, 1.165) is 25.5 Å². The summed E-state index contributed by atoms with van der Waals surface area (Å²) in [5.74, 6) is 1.22. The lowest BCUT2D eigenvalue weighted by Gasteiger charge is -2.14. The van der Waals surface area contributed by atoms with Crippen molar-refractivity contribution in [1.29, 1.82) is 0 Å². The Hall–Kier alpha value is -0.820. The molecule has 0 saturated carbocycles. The molecule has 2 rings (SSSR count). The van der Waals surface area contributed by atoms with E-state index < -0.39 is 10.0 Å². The Balaban J connectivity index is 1.75. The Morgan fingerprint density at radius 2 is 2.35 bits per heavy atom. The molecule has 0 aromatic heterocycles.